The Labute approximate surface area is 123 Å². The number of carbonyl (C=O) groups excluding carboxylic acids is 1. The van der Waals surface area contributed by atoms with Crippen LogP contribution in [0.2, 0.25) is 0 Å². The van der Waals surface area contributed by atoms with Crippen LogP contribution in [0.3, 0.4) is 0 Å². The molecule has 0 aromatic heterocycles. The lowest BCUT2D eigenvalue weighted by Crippen LogP contribution is -2.31. The molecular formula is C17H17NO3. The van der Waals surface area contributed by atoms with E-state index in [1.54, 1.807) is 4.90 Å². The van der Waals surface area contributed by atoms with Crippen molar-refractivity contribution in [1.29, 1.82) is 0 Å². The molecule has 0 saturated heterocycles. The maximum absolute atomic E-state index is 12.7. The number of hydrogen-bond donors (Lipinski definition) is 2. The summed E-state index contributed by atoms with van der Waals surface area (Å²) < 4.78 is 0. The second kappa shape index (κ2) is 5.48. The van der Waals surface area contributed by atoms with Gasteiger partial charge in [-0.15, -0.1) is 0 Å². The molecule has 3 rings (SSSR count). The zero-order valence-electron chi connectivity index (χ0n) is 11.6. The van der Waals surface area contributed by atoms with Crippen molar-refractivity contribution in [3.8, 4) is 11.5 Å². The third-order valence-corrected chi connectivity index (χ3v) is 3.75. The van der Waals surface area contributed by atoms with Gasteiger partial charge >= 0.3 is 0 Å². The summed E-state index contributed by atoms with van der Waals surface area (Å²) in [6.07, 6.45) is 2.95. The largest absolute Gasteiger partial charge is 0.508 e. The number of amides is 1. The molecule has 0 fully saturated rings. The van der Waals surface area contributed by atoms with Crippen molar-refractivity contribution in [1.82, 2.24) is 0 Å². The molecule has 2 aromatic carbocycles. The smallest absolute Gasteiger partial charge is 0.258 e. The molecule has 4 heteroatoms. The van der Waals surface area contributed by atoms with Crippen LogP contribution < -0.4 is 4.90 Å². The summed E-state index contributed by atoms with van der Waals surface area (Å²) in [7, 11) is 0. The Morgan fingerprint density at radius 1 is 1.00 bits per heavy atom. The van der Waals surface area contributed by atoms with Crippen molar-refractivity contribution >= 4 is 11.6 Å². The van der Waals surface area contributed by atoms with Crippen LogP contribution in [0.25, 0.3) is 0 Å². The standard InChI is InChI=1S/C17H17NO3/c19-14-9-13(10-15(20)11-14)17(21)18-8-4-3-6-12-5-1-2-7-16(12)18/h1-2,5,7,9-11,19-20H,3-4,6,8H2. The third-order valence-electron chi connectivity index (χ3n) is 3.75. The summed E-state index contributed by atoms with van der Waals surface area (Å²) in [5.41, 5.74) is 2.37. The van der Waals surface area contributed by atoms with Crippen LogP contribution >= 0.6 is 0 Å². The van der Waals surface area contributed by atoms with Crippen molar-refractivity contribution in [3.05, 3.63) is 53.6 Å². The molecule has 0 aliphatic carbocycles. The number of aryl methyl sites for hydroxylation is 1. The summed E-state index contributed by atoms with van der Waals surface area (Å²) in [5, 5.41) is 19.1. The second-order valence-corrected chi connectivity index (χ2v) is 5.28. The molecule has 0 unspecified atom stereocenters. The molecule has 2 N–H and O–H groups in total. The molecular weight excluding hydrogens is 266 g/mol. The van der Waals surface area contributed by atoms with Crippen molar-refractivity contribution in [2.24, 2.45) is 0 Å². The predicted octanol–water partition coefficient (Wildman–Crippen LogP) is 3.08. The van der Waals surface area contributed by atoms with E-state index in [1.165, 1.54) is 18.2 Å². The Bertz CT molecular complexity index is 661. The van der Waals surface area contributed by atoms with Crippen LogP contribution in [-0.2, 0) is 6.42 Å². The van der Waals surface area contributed by atoms with Gasteiger partial charge in [-0.3, -0.25) is 4.79 Å². The molecule has 0 bridgehead atoms. The second-order valence-electron chi connectivity index (χ2n) is 5.28. The van der Waals surface area contributed by atoms with Gasteiger partial charge in [0.2, 0.25) is 0 Å². The maximum Gasteiger partial charge on any atom is 0.258 e. The van der Waals surface area contributed by atoms with Crippen molar-refractivity contribution in [2.45, 2.75) is 19.3 Å². The van der Waals surface area contributed by atoms with E-state index in [9.17, 15) is 15.0 Å². The van der Waals surface area contributed by atoms with Gasteiger partial charge in [0.15, 0.2) is 0 Å². The fourth-order valence-corrected chi connectivity index (χ4v) is 2.78. The lowest BCUT2D eigenvalue weighted by Gasteiger charge is -2.23. The van der Waals surface area contributed by atoms with Crippen LogP contribution in [0.1, 0.15) is 28.8 Å². The van der Waals surface area contributed by atoms with E-state index in [0.717, 1.165) is 30.5 Å². The summed E-state index contributed by atoms with van der Waals surface area (Å²) in [4.78, 5) is 14.5. The van der Waals surface area contributed by atoms with Gasteiger partial charge in [0.1, 0.15) is 11.5 Å². The number of carbonyl (C=O) groups is 1. The Morgan fingerprint density at radius 2 is 1.71 bits per heavy atom. The number of benzene rings is 2. The lowest BCUT2D eigenvalue weighted by atomic mass is 10.1. The number of phenols is 2. The predicted molar refractivity (Wildman–Crippen MR) is 80.8 cm³/mol. The number of hydrogen-bond acceptors (Lipinski definition) is 3. The molecule has 0 atom stereocenters. The van der Waals surface area contributed by atoms with Crippen molar-refractivity contribution in [3.63, 3.8) is 0 Å². The lowest BCUT2D eigenvalue weighted by molar-refractivity contribution is 0.0986. The monoisotopic (exact) mass is 283 g/mol. The van der Waals surface area contributed by atoms with Crippen LogP contribution in [0.15, 0.2) is 42.5 Å². The zero-order valence-corrected chi connectivity index (χ0v) is 11.6. The van der Waals surface area contributed by atoms with Crippen molar-refractivity contribution < 1.29 is 15.0 Å². The van der Waals surface area contributed by atoms with E-state index in [4.69, 9.17) is 0 Å². The summed E-state index contributed by atoms with van der Waals surface area (Å²) >= 11 is 0. The van der Waals surface area contributed by atoms with Gasteiger partial charge in [0.25, 0.3) is 5.91 Å². The third kappa shape index (κ3) is 2.70. The first-order valence-corrected chi connectivity index (χ1v) is 7.08. The van der Waals surface area contributed by atoms with Crippen molar-refractivity contribution in [2.75, 3.05) is 11.4 Å². The molecule has 108 valence electrons. The first-order chi connectivity index (χ1) is 10.1. The van der Waals surface area contributed by atoms with E-state index in [0.29, 0.717) is 12.1 Å². The maximum atomic E-state index is 12.7. The van der Waals surface area contributed by atoms with Gasteiger partial charge < -0.3 is 15.1 Å². The van der Waals surface area contributed by atoms with Crippen LogP contribution in [0, 0.1) is 0 Å². The van der Waals surface area contributed by atoms with E-state index in [1.807, 2.05) is 24.3 Å². The normalized spacial score (nSPS) is 14.4. The highest BCUT2D eigenvalue weighted by molar-refractivity contribution is 6.07. The number of phenolic OH excluding ortho intramolecular Hbond substituents is 2. The Balaban J connectivity index is 2.01. The first-order valence-electron chi connectivity index (χ1n) is 7.08. The van der Waals surface area contributed by atoms with Crippen LogP contribution in [-0.4, -0.2) is 22.7 Å². The summed E-state index contributed by atoms with van der Waals surface area (Å²) in [6.45, 7) is 0.645. The highest BCUT2D eigenvalue weighted by Gasteiger charge is 2.22. The molecule has 0 spiro atoms. The van der Waals surface area contributed by atoms with E-state index >= 15 is 0 Å². The number of fused-ring (bicyclic) bond motifs is 1. The molecule has 1 heterocycles. The fourth-order valence-electron chi connectivity index (χ4n) is 2.78. The first kappa shape index (κ1) is 13.5. The fraction of sp³-hybridized carbons (Fsp3) is 0.235. The van der Waals surface area contributed by atoms with Gasteiger partial charge in [-0.1, -0.05) is 18.2 Å². The minimum atomic E-state index is -0.199. The Kier molecular flexibility index (Phi) is 3.52. The van der Waals surface area contributed by atoms with Gasteiger partial charge in [-0.05, 0) is 43.0 Å². The van der Waals surface area contributed by atoms with Crippen LogP contribution in [0.4, 0.5) is 5.69 Å². The Hall–Kier alpha value is -2.49. The van der Waals surface area contributed by atoms with E-state index in [-0.39, 0.29) is 17.4 Å². The number of aromatic hydroxyl groups is 2. The molecule has 2 aromatic rings. The highest BCUT2D eigenvalue weighted by atomic mass is 16.3. The quantitative estimate of drug-likeness (QED) is 0.845. The average Bonchev–Trinajstić information content (AvgIpc) is 2.68. The number of nitrogens with zero attached hydrogens (tertiary/aromatic N) is 1. The Morgan fingerprint density at radius 3 is 2.48 bits per heavy atom. The van der Waals surface area contributed by atoms with Gasteiger partial charge in [0.05, 0.1) is 0 Å². The van der Waals surface area contributed by atoms with E-state index < -0.39 is 0 Å². The molecule has 0 radical (unpaired) electrons. The van der Waals surface area contributed by atoms with Gasteiger partial charge in [-0.2, -0.15) is 0 Å². The van der Waals surface area contributed by atoms with Gasteiger partial charge in [-0.25, -0.2) is 0 Å². The van der Waals surface area contributed by atoms with Gasteiger partial charge in [0, 0.05) is 23.9 Å². The van der Waals surface area contributed by atoms with E-state index in [2.05, 4.69) is 0 Å². The SMILES string of the molecule is O=C(c1cc(O)cc(O)c1)N1CCCCc2ccccc21. The topological polar surface area (TPSA) is 60.8 Å². The molecule has 1 aliphatic heterocycles. The molecule has 1 aliphatic rings. The molecule has 0 saturated carbocycles. The minimum absolute atomic E-state index is 0.110. The molecule has 1 amide bonds. The molecule has 4 nitrogen and oxygen atoms in total. The number of para-hydroxylation sites is 1. The zero-order chi connectivity index (χ0) is 14.8. The number of rotatable bonds is 1. The summed E-state index contributed by atoms with van der Waals surface area (Å²) in [5.74, 6) is -0.418. The highest BCUT2D eigenvalue weighted by Crippen LogP contribution is 2.29. The summed E-state index contributed by atoms with van der Waals surface area (Å²) in [6, 6.07) is 11.9. The van der Waals surface area contributed by atoms with Crippen LogP contribution in [0.5, 0.6) is 11.5 Å². The minimum Gasteiger partial charge on any atom is -0.508 e. The average molecular weight is 283 g/mol. The molecule has 21 heavy (non-hydrogen) atoms. The number of anilines is 1.